The van der Waals surface area contributed by atoms with Crippen molar-refractivity contribution in [2.24, 2.45) is 0 Å². The zero-order valence-corrected chi connectivity index (χ0v) is 17.9. The number of hydrogen-bond donors (Lipinski definition) is 2. The van der Waals surface area contributed by atoms with Crippen molar-refractivity contribution in [3.8, 4) is 0 Å². The van der Waals surface area contributed by atoms with Crippen molar-refractivity contribution in [1.82, 2.24) is 10.2 Å². The minimum absolute atomic E-state index is 0.0428. The summed E-state index contributed by atoms with van der Waals surface area (Å²) in [5, 5.41) is 5.98. The molecule has 1 fully saturated rings. The van der Waals surface area contributed by atoms with Crippen molar-refractivity contribution in [1.29, 1.82) is 0 Å². The maximum atomic E-state index is 12.1. The predicted molar refractivity (Wildman–Crippen MR) is 113 cm³/mol. The van der Waals surface area contributed by atoms with Gasteiger partial charge >= 0.3 is 0 Å². The number of carbonyl (C=O) groups is 2. The van der Waals surface area contributed by atoms with Gasteiger partial charge in [0.25, 0.3) is 0 Å². The number of carbonyl (C=O) groups excluding carboxylic acids is 2. The minimum Gasteiger partial charge on any atom is -0.353 e. The van der Waals surface area contributed by atoms with Gasteiger partial charge in [-0.1, -0.05) is 15.9 Å². The van der Waals surface area contributed by atoms with Crippen molar-refractivity contribution in [2.45, 2.75) is 45.2 Å². The second-order valence-corrected chi connectivity index (χ2v) is 8.85. The summed E-state index contributed by atoms with van der Waals surface area (Å²) < 4.78 is 0.978. The number of nitrogens with one attached hydrogen (secondary N) is 2. The summed E-state index contributed by atoms with van der Waals surface area (Å²) in [5.41, 5.74) is 0.782. The molecule has 0 unspecified atom stereocenters. The van der Waals surface area contributed by atoms with E-state index < -0.39 is 0 Å². The standard InChI is InChI=1S/C19H28BrN3O2S/c1-14(2)23-10-7-17(8-11-23)21-18(24)9-12-26-13-19(25)22-16-5-3-15(20)4-6-16/h3-6,14,17H,7-13H2,1-2H3,(H,21,24)(H,22,25). The normalized spacial score (nSPS) is 15.8. The minimum atomic E-state index is -0.0428. The Hall–Kier alpha value is -1.05. The van der Waals surface area contributed by atoms with Crippen LogP contribution in [-0.2, 0) is 9.59 Å². The quantitative estimate of drug-likeness (QED) is 0.605. The lowest BCUT2D eigenvalue weighted by molar-refractivity contribution is -0.121. The van der Waals surface area contributed by atoms with Crippen LogP contribution < -0.4 is 10.6 Å². The van der Waals surface area contributed by atoms with E-state index in [1.165, 1.54) is 11.8 Å². The number of piperidine rings is 1. The molecule has 0 aliphatic carbocycles. The van der Waals surface area contributed by atoms with Crippen LogP contribution in [0.2, 0.25) is 0 Å². The van der Waals surface area contributed by atoms with Crippen molar-refractivity contribution in [3.05, 3.63) is 28.7 Å². The summed E-state index contributed by atoms with van der Waals surface area (Å²) in [6.45, 7) is 6.52. The molecular formula is C19H28BrN3O2S. The van der Waals surface area contributed by atoms with Crippen LogP contribution in [-0.4, -0.2) is 53.4 Å². The number of anilines is 1. The summed E-state index contributed by atoms with van der Waals surface area (Å²) >= 11 is 4.85. The van der Waals surface area contributed by atoms with Crippen LogP contribution in [0.1, 0.15) is 33.1 Å². The SMILES string of the molecule is CC(C)N1CCC(NC(=O)CCSCC(=O)Nc2ccc(Br)cc2)CC1. The first-order valence-electron chi connectivity index (χ1n) is 9.10. The molecule has 7 heteroatoms. The van der Waals surface area contributed by atoms with Gasteiger partial charge < -0.3 is 15.5 Å². The number of amides is 2. The van der Waals surface area contributed by atoms with Crippen molar-refractivity contribution >= 4 is 45.2 Å². The molecule has 1 aromatic rings. The molecule has 5 nitrogen and oxygen atoms in total. The summed E-state index contributed by atoms with van der Waals surface area (Å²) in [4.78, 5) is 26.4. The monoisotopic (exact) mass is 441 g/mol. The summed E-state index contributed by atoms with van der Waals surface area (Å²) in [7, 11) is 0. The van der Waals surface area contributed by atoms with Crippen molar-refractivity contribution in [3.63, 3.8) is 0 Å². The Kier molecular flexibility index (Phi) is 8.95. The van der Waals surface area contributed by atoms with Crippen LogP contribution >= 0.6 is 27.7 Å². The average molecular weight is 442 g/mol. The number of likely N-dealkylation sites (tertiary alicyclic amines) is 1. The molecule has 1 aliphatic heterocycles. The van der Waals surface area contributed by atoms with Gasteiger partial charge in [0.15, 0.2) is 0 Å². The highest BCUT2D eigenvalue weighted by Crippen LogP contribution is 2.15. The van der Waals surface area contributed by atoms with Gasteiger partial charge in [-0.2, -0.15) is 11.8 Å². The Morgan fingerprint density at radius 2 is 1.85 bits per heavy atom. The van der Waals surface area contributed by atoms with Gasteiger partial charge in [0.2, 0.25) is 11.8 Å². The molecule has 1 saturated heterocycles. The lowest BCUT2D eigenvalue weighted by atomic mass is 10.0. The van der Waals surface area contributed by atoms with E-state index in [9.17, 15) is 9.59 Å². The molecule has 1 aromatic carbocycles. The van der Waals surface area contributed by atoms with Crippen LogP contribution in [0.5, 0.6) is 0 Å². The largest absolute Gasteiger partial charge is 0.353 e. The summed E-state index contributed by atoms with van der Waals surface area (Å²) in [6.07, 6.45) is 2.50. The second kappa shape index (κ2) is 10.9. The number of benzene rings is 1. The average Bonchev–Trinajstić information content (AvgIpc) is 2.61. The molecular weight excluding hydrogens is 414 g/mol. The van der Waals surface area contributed by atoms with Crippen molar-refractivity contribution in [2.75, 3.05) is 29.9 Å². The van der Waals surface area contributed by atoms with Crippen LogP contribution in [0.25, 0.3) is 0 Å². The fraction of sp³-hybridized carbons (Fsp3) is 0.579. The van der Waals surface area contributed by atoms with Crippen LogP contribution in [0, 0.1) is 0 Å². The first-order valence-corrected chi connectivity index (χ1v) is 11.1. The lowest BCUT2D eigenvalue weighted by Gasteiger charge is -2.34. The highest BCUT2D eigenvalue weighted by Gasteiger charge is 2.21. The number of halogens is 1. The first-order chi connectivity index (χ1) is 12.4. The third-order valence-electron chi connectivity index (χ3n) is 4.46. The van der Waals surface area contributed by atoms with E-state index in [1.54, 1.807) is 0 Å². The molecule has 0 atom stereocenters. The molecule has 2 amide bonds. The van der Waals surface area contributed by atoms with Crippen molar-refractivity contribution < 1.29 is 9.59 Å². The Bertz CT molecular complexity index is 587. The van der Waals surface area contributed by atoms with Gasteiger partial charge in [0, 0.05) is 47.5 Å². The summed E-state index contributed by atoms with van der Waals surface area (Å²) in [5.74, 6) is 1.06. The highest BCUT2D eigenvalue weighted by molar-refractivity contribution is 9.10. The van der Waals surface area contributed by atoms with Gasteiger partial charge in [-0.15, -0.1) is 0 Å². The second-order valence-electron chi connectivity index (χ2n) is 6.83. The Morgan fingerprint density at radius 3 is 2.46 bits per heavy atom. The molecule has 26 heavy (non-hydrogen) atoms. The smallest absolute Gasteiger partial charge is 0.234 e. The first kappa shape index (κ1) is 21.3. The fourth-order valence-corrected chi connectivity index (χ4v) is 3.92. The lowest BCUT2D eigenvalue weighted by Crippen LogP contribution is -2.46. The Labute approximate surface area is 168 Å². The van der Waals surface area contributed by atoms with Gasteiger partial charge in [-0.3, -0.25) is 9.59 Å². The van der Waals surface area contributed by atoms with E-state index in [2.05, 4.69) is 45.3 Å². The molecule has 0 aromatic heterocycles. The number of rotatable bonds is 8. The third-order valence-corrected chi connectivity index (χ3v) is 5.95. The molecule has 0 saturated carbocycles. The topological polar surface area (TPSA) is 61.4 Å². The number of nitrogens with zero attached hydrogens (tertiary/aromatic N) is 1. The third kappa shape index (κ3) is 7.68. The van der Waals surface area contributed by atoms with Gasteiger partial charge in [0.05, 0.1) is 5.75 Å². The maximum Gasteiger partial charge on any atom is 0.234 e. The number of hydrogen-bond acceptors (Lipinski definition) is 4. The zero-order chi connectivity index (χ0) is 18.9. The van der Waals surface area contributed by atoms with Gasteiger partial charge in [-0.05, 0) is 51.0 Å². The Balaban J connectivity index is 1.56. The fourth-order valence-electron chi connectivity index (χ4n) is 2.92. The predicted octanol–water partition coefficient (Wildman–Crippen LogP) is 3.50. The molecule has 0 spiro atoms. The Morgan fingerprint density at radius 1 is 1.19 bits per heavy atom. The van der Waals surface area contributed by atoms with E-state index in [0.29, 0.717) is 30.0 Å². The summed E-state index contributed by atoms with van der Waals surface area (Å²) in [6, 6.07) is 8.35. The molecule has 0 bridgehead atoms. The molecule has 2 N–H and O–H groups in total. The van der Waals surface area contributed by atoms with Gasteiger partial charge in [-0.25, -0.2) is 0 Å². The zero-order valence-electron chi connectivity index (χ0n) is 15.5. The molecule has 0 radical (unpaired) electrons. The molecule has 2 rings (SSSR count). The van der Waals surface area contributed by atoms with Crippen LogP contribution in [0.3, 0.4) is 0 Å². The van der Waals surface area contributed by atoms with Gasteiger partial charge in [0.1, 0.15) is 0 Å². The molecule has 1 heterocycles. The van der Waals surface area contributed by atoms with E-state index in [-0.39, 0.29) is 11.8 Å². The maximum absolute atomic E-state index is 12.1. The molecule has 144 valence electrons. The molecule has 1 aliphatic rings. The van der Waals surface area contributed by atoms with E-state index in [1.807, 2.05) is 24.3 Å². The van der Waals surface area contributed by atoms with E-state index >= 15 is 0 Å². The van der Waals surface area contributed by atoms with E-state index in [0.717, 1.165) is 36.1 Å². The van der Waals surface area contributed by atoms with Crippen LogP contribution in [0.4, 0.5) is 5.69 Å². The highest BCUT2D eigenvalue weighted by atomic mass is 79.9. The van der Waals surface area contributed by atoms with E-state index in [4.69, 9.17) is 0 Å². The number of thioether (sulfide) groups is 1. The van der Waals surface area contributed by atoms with Crippen LogP contribution in [0.15, 0.2) is 28.7 Å².